The highest BCUT2D eigenvalue weighted by Crippen LogP contribution is 2.30. The number of nitrogens with two attached hydrogens (primary N) is 1. The number of aromatic amines is 1. The van der Waals surface area contributed by atoms with Crippen molar-refractivity contribution in [1.29, 1.82) is 0 Å². The summed E-state index contributed by atoms with van der Waals surface area (Å²) in [4.78, 5) is 83.6. The van der Waals surface area contributed by atoms with E-state index in [1.165, 1.54) is 17.5 Å². The number of aliphatic hydroxyl groups excluding tert-OH is 1. The third-order valence-corrected chi connectivity index (χ3v) is 15.6. The van der Waals surface area contributed by atoms with Crippen molar-refractivity contribution in [1.82, 2.24) is 60.5 Å². The molecule has 5 aromatic rings. The van der Waals surface area contributed by atoms with E-state index in [9.17, 15) is 24.3 Å². The van der Waals surface area contributed by atoms with Crippen LogP contribution in [0.4, 0.5) is 11.6 Å². The van der Waals surface area contributed by atoms with Crippen molar-refractivity contribution in [3.63, 3.8) is 0 Å². The van der Waals surface area contributed by atoms with Crippen LogP contribution in [0, 0.1) is 0 Å². The number of aliphatic hydroxyl groups is 1. The van der Waals surface area contributed by atoms with Gasteiger partial charge >= 0.3 is 0 Å². The lowest BCUT2D eigenvalue weighted by atomic mass is 9.87. The van der Waals surface area contributed by atoms with Gasteiger partial charge in [0.15, 0.2) is 0 Å². The number of carbonyl (C=O) groups excluding carboxylic acids is 4. The second-order valence-electron chi connectivity index (χ2n) is 20.8. The van der Waals surface area contributed by atoms with Gasteiger partial charge in [0.05, 0.1) is 49.4 Å². The van der Waals surface area contributed by atoms with Crippen molar-refractivity contribution in [2.45, 2.75) is 68.8 Å². The van der Waals surface area contributed by atoms with Crippen LogP contribution in [-0.4, -0.2) is 209 Å². The number of hydrogen-bond acceptors (Lipinski definition) is 17. The van der Waals surface area contributed by atoms with Gasteiger partial charge in [0, 0.05) is 115 Å². The predicted molar refractivity (Wildman–Crippen MR) is 296 cm³/mol. The zero-order chi connectivity index (χ0) is 54.3. The van der Waals surface area contributed by atoms with Crippen molar-refractivity contribution < 1.29 is 33.8 Å². The Morgan fingerprint density at radius 2 is 1.58 bits per heavy atom. The molecule has 9 rings (SSSR count). The maximum atomic E-state index is 13.9. The monoisotopic (exact) mass is 1090 g/mol. The van der Waals surface area contributed by atoms with Crippen LogP contribution >= 0.6 is 11.6 Å². The summed E-state index contributed by atoms with van der Waals surface area (Å²) in [7, 11) is 0. The van der Waals surface area contributed by atoms with Crippen molar-refractivity contribution >= 4 is 57.9 Å². The summed E-state index contributed by atoms with van der Waals surface area (Å²) in [6.45, 7) is 9.60. The number of piperidine rings is 2. The molecule has 22 nitrogen and oxygen atoms in total. The number of benzene rings is 2. The number of halogens is 1. The molecule has 78 heavy (non-hydrogen) atoms. The topological polar surface area (TPSA) is 265 Å². The number of β-amino-alcohol motifs (C(OH)–C–C–N with tert-alkyl or cyclic N) is 1. The number of anilines is 2. The SMILES string of the molecule is NC1(C(=O)N[C@@H](CCN2CCN(C(=O)COCCOCCNC(=O)CN3CCC(Nc4cc(C(=O)NC[C@H](O)CN5CCc6ccccc6C5)ncn4)CC3)CC2)c2ccc(Cl)cc2)CCN(c2ncnc3[nH]ccc23)CC1. The maximum absolute atomic E-state index is 13.9. The standard InChI is InChI=1S/C55H74ClN15O7/c56-42-7-5-40(6-8-42)46(66-54(76)55(57)14-22-71(23-15-55)52-45-9-16-59-51(45)63-38-64-52)13-21-67-24-26-70(27-25-67)50(74)36-78-30-29-77-28-17-58-49(73)35-68-19-11-43(12-20-68)65-48-31-47(61-37-62-48)53(75)60-32-44(72)34-69-18-10-39-3-1-2-4-41(39)33-69/h1-9,16,31,37-38,43-44,46,72H,10-15,17-30,32-36,57H2,(H,58,73)(H,60,75)(H,66,76)(H,59,63,64)(H,61,62,65)/t44-,46-/m0/s1. The summed E-state index contributed by atoms with van der Waals surface area (Å²) in [6, 6.07) is 19.3. The summed E-state index contributed by atoms with van der Waals surface area (Å²) in [5.74, 6) is 0.689. The lowest BCUT2D eigenvalue weighted by molar-refractivity contribution is -0.138. The molecule has 418 valence electrons. The third-order valence-electron chi connectivity index (χ3n) is 15.3. The second kappa shape index (κ2) is 27.5. The minimum absolute atomic E-state index is 0.0375. The van der Waals surface area contributed by atoms with Crippen LogP contribution in [0.25, 0.3) is 11.0 Å². The molecule has 4 amide bonds. The van der Waals surface area contributed by atoms with Gasteiger partial charge < -0.3 is 56.4 Å². The first kappa shape index (κ1) is 56.4. The first-order valence-corrected chi connectivity index (χ1v) is 27.7. The van der Waals surface area contributed by atoms with Gasteiger partial charge in [-0.2, -0.15) is 0 Å². The molecule has 3 aromatic heterocycles. The fraction of sp³-hybridized carbons (Fsp3) is 0.527. The van der Waals surface area contributed by atoms with E-state index in [0.29, 0.717) is 102 Å². The zero-order valence-corrected chi connectivity index (χ0v) is 45.0. The summed E-state index contributed by atoms with van der Waals surface area (Å²) in [6.07, 6.45) is 8.19. The van der Waals surface area contributed by atoms with Crippen molar-refractivity contribution in [2.24, 2.45) is 5.73 Å². The van der Waals surface area contributed by atoms with Gasteiger partial charge in [0.25, 0.3) is 5.91 Å². The smallest absolute Gasteiger partial charge is 0.270 e. The minimum atomic E-state index is -1.03. The average Bonchev–Trinajstić information content (AvgIpc) is 4.00. The number of nitrogens with zero attached hydrogens (tertiary/aromatic N) is 9. The van der Waals surface area contributed by atoms with E-state index >= 15 is 0 Å². The number of H-pyrrole nitrogens is 1. The summed E-state index contributed by atoms with van der Waals surface area (Å²) >= 11 is 6.24. The molecule has 4 aliphatic heterocycles. The molecule has 0 saturated carbocycles. The van der Waals surface area contributed by atoms with Crippen molar-refractivity contribution in [3.05, 3.63) is 107 Å². The van der Waals surface area contributed by atoms with Crippen LogP contribution in [0.5, 0.6) is 0 Å². The van der Waals surface area contributed by atoms with Gasteiger partial charge in [-0.25, -0.2) is 19.9 Å². The van der Waals surface area contributed by atoms with Crippen LogP contribution in [-0.2, 0) is 36.8 Å². The van der Waals surface area contributed by atoms with Crippen LogP contribution < -0.4 is 31.9 Å². The number of amides is 4. The maximum Gasteiger partial charge on any atom is 0.270 e. The highest BCUT2D eigenvalue weighted by Gasteiger charge is 2.39. The summed E-state index contributed by atoms with van der Waals surface area (Å²) < 4.78 is 11.3. The minimum Gasteiger partial charge on any atom is -0.390 e. The van der Waals surface area contributed by atoms with E-state index in [2.05, 4.69) is 84.0 Å². The summed E-state index contributed by atoms with van der Waals surface area (Å²) in [5, 5.41) is 24.7. The van der Waals surface area contributed by atoms with Crippen LogP contribution in [0.15, 0.2) is 79.5 Å². The fourth-order valence-corrected chi connectivity index (χ4v) is 10.8. The van der Waals surface area contributed by atoms with Gasteiger partial charge in [-0.1, -0.05) is 48.0 Å². The lowest BCUT2D eigenvalue weighted by Crippen LogP contribution is -2.60. The Morgan fingerprint density at radius 3 is 2.37 bits per heavy atom. The summed E-state index contributed by atoms with van der Waals surface area (Å²) in [5.41, 5.74) is 10.4. The van der Waals surface area contributed by atoms with Gasteiger partial charge in [-0.3, -0.25) is 33.9 Å². The second-order valence-corrected chi connectivity index (χ2v) is 21.2. The number of carbonyl (C=O) groups is 4. The molecule has 2 atom stereocenters. The van der Waals surface area contributed by atoms with Crippen molar-refractivity contribution in [3.8, 4) is 0 Å². The number of ether oxygens (including phenoxy) is 2. The van der Waals surface area contributed by atoms with Gasteiger partial charge in [0.2, 0.25) is 17.7 Å². The number of piperazine rings is 1. The molecule has 3 fully saturated rings. The van der Waals surface area contributed by atoms with Crippen LogP contribution in [0.1, 0.15) is 65.3 Å². The molecule has 7 heterocycles. The van der Waals surface area contributed by atoms with Gasteiger partial charge in [-0.15, -0.1) is 0 Å². The largest absolute Gasteiger partial charge is 0.390 e. The highest BCUT2D eigenvalue weighted by atomic mass is 35.5. The number of hydrogen-bond donors (Lipinski definition) is 7. The molecule has 23 heteroatoms. The van der Waals surface area contributed by atoms with Crippen molar-refractivity contribution in [2.75, 3.05) is 128 Å². The van der Waals surface area contributed by atoms with Crippen LogP contribution in [0.2, 0.25) is 5.02 Å². The fourth-order valence-electron chi connectivity index (χ4n) is 10.7. The van der Waals surface area contributed by atoms with E-state index in [4.69, 9.17) is 26.8 Å². The van der Waals surface area contributed by atoms with E-state index in [-0.39, 0.29) is 67.7 Å². The first-order chi connectivity index (χ1) is 37.9. The predicted octanol–water partition coefficient (Wildman–Crippen LogP) is 1.97. The number of nitrogens with one attached hydrogen (secondary N) is 5. The molecule has 3 saturated heterocycles. The molecule has 0 spiro atoms. The molecule has 0 radical (unpaired) electrons. The third kappa shape index (κ3) is 15.7. The molecular weight excluding hydrogens is 1020 g/mol. The Morgan fingerprint density at radius 1 is 0.821 bits per heavy atom. The number of fused-ring (bicyclic) bond motifs is 2. The van der Waals surface area contributed by atoms with E-state index < -0.39 is 11.6 Å². The van der Waals surface area contributed by atoms with E-state index in [1.54, 1.807) is 12.4 Å². The Hall–Kier alpha value is -6.37. The van der Waals surface area contributed by atoms with Crippen LogP contribution in [0.3, 0.4) is 0 Å². The Labute approximate surface area is 460 Å². The van der Waals surface area contributed by atoms with Gasteiger partial charge in [0.1, 0.15) is 42.2 Å². The molecule has 8 N–H and O–H groups in total. The Bertz CT molecular complexity index is 2760. The van der Waals surface area contributed by atoms with Gasteiger partial charge in [-0.05, 0) is 73.4 Å². The average molecular weight is 1090 g/mol. The Kier molecular flexibility index (Phi) is 19.9. The molecule has 2 aromatic carbocycles. The molecule has 4 aliphatic rings. The first-order valence-electron chi connectivity index (χ1n) is 27.3. The molecule has 0 aliphatic carbocycles. The molecule has 0 bridgehead atoms. The normalized spacial score (nSPS) is 18.2. The number of rotatable bonds is 24. The molecule has 0 unspecified atom stereocenters. The Balaban J connectivity index is 0.593. The lowest BCUT2D eigenvalue weighted by Gasteiger charge is -2.39. The zero-order valence-electron chi connectivity index (χ0n) is 44.3. The quantitative estimate of drug-likeness (QED) is 0.0436. The number of aromatic nitrogens is 5. The van der Waals surface area contributed by atoms with E-state index in [0.717, 1.165) is 67.9 Å². The molecular formula is C55H74ClN15O7. The highest BCUT2D eigenvalue weighted by molar-refractivity contribution is 6.30. The van der Waals surface area contributed by atoms with E-state index in [1.807, 2.05) is 47.5 Å². The number of likely N-dealkylation sites (tertiary alicyclic amines) is 1.